The number of nitrogens with one attached hydrogen (secondary N) is 1. The van der Waals surface area contributed by atoms with Crippen molar-refractivity contribution in [1.82, 2.24) is 5.32 Å². The zero-order chi connectivity index (χ0) is 14.7. The lowest BCUT2D eigenvalue weighted by molar-refractivity contribution is -0.137. The summed E-state index contributed by atoms with van der Waals surface area (Å²) >= 11 is 7.57. The zero-order valence-electron chi connectivity index (χ0n) is 11.1. The van der Waals surface area contributed by atoms with E-state index in [1.54, 1.807) is 12.1 Å². The number of benzene rings is 1. The molecule has 0 saturated heterocycles. The summed E-state index contributed by atoms with van der Waals surface area (Å²) < 4.78 is 0. The van der Waals surface area contributed by atoms with Crippen LogP contribution in [0.15, 0.2) is 23.1 Å². The highest BCUT2D eigenvalue weighted by Crippen LogP contribution is 2.34. The first-order valence-electron chi connectivity index (χ1n) is 6.37. The van der Waals surface area contributed by atoms with Crippen LogP contribution in [-0.2, 0) is 4.79 Å². The van der Waals surface area contributed by atoms with Crippen molar-refractivity contribution >= 4 is 35.2 Å². The largest absolute Gasteiger partial charge is 0.481 e. The molecule has 0 radical (unpaired) electrons. The van der Waals surface area contributed by atoms with Crippen molar-refractivity contribution in [3.8, 4) is 0 Å². The van der Waals surface area contributed by atoms with Gasteiger partial charge >= 0.3 is 5.97 Å². The van der Waals surface area contributed by atoms with Crippen LogP contribution in [0.3, 0.4) is 0 Å². The molecule has 1 amide bonds. The third kappa shape index (κ3) is 3.90. The molecule has 0 heterocycles. The highest BCUT2D eigenvalue weighted by atomic mass is 35.5. The van der Waals surface area contributed by atoms with Gasteiger partial charge in [-0.1, -0.05) is 11.6 Å². The Bertz CT molecular complexity index is 531. The molecule has 0 bridgehead atoms. The minimum absolute atomic E-state index is 0.0454. The molecular weight excluding hydrogens is 298 g/mol. The van der Waals surface area contributed by atoms with Crippen LogP contribution in [0.2, 0.25) is 5.02 Å². The number of thioether (sulfide) groups is 1. The molecule has 6 heteroatoms. The van der Waals surface area contributed by atoms with Crippen molar-refractivity contribution in [1.29, 1.82) is 0 Å². The van der Waals surface area contributed by atoms with E-state index in [9.17, 15) is 9.59 Å². The monoisotopic (exact) mass is 313 g/mol. The summed E-state index contributed by atoms with van der Waals surface area (Å²) in [5.41, 5.74) is 0.398. The Balaban J connectivity index is 2.11. The van der Waals surface area contributed by atoms with Gasteiger partial charge in [0.15, 0.2) is 0 Å². The highest BCUT2D eigenvalue weighted by molar-refractivity contribution is 7.98. The topological polar surface area (TPSA) is 66.4 Å². The first-order valence-corrected chi connectivity index (χ1v) is 7.97. The quantitative estimate of drug-likeness (QED) is 0.792. The Labute approximate surface area is 126 Å². The standard InChI is InChI=1S/C14H16ClNO3S/c1-20-9-4-5-11(15)10(6-9)14(19)16-12(7-13(17)18)8-2-3-8/h4-6,8,12H,2-3,7H2,1H3,(H,16,19)(H,17,18). The average molecular weight is 314 g/mol. The molecule has 1 atom stereocenters. The van der Waals surface area contributed by atoms with Crippen LogP contribution in [0.25, 0.3) is 0 Å². The second kappa shape index (κ2) is 6.50. The van der Waals surface area contributed by atoms with Crippen LogP contribution in [0.5, 0.6) is 0 Å². The summed E-state index contributed by atoms with van der Waals surface area (Å²) in [7, 11) is 0. The molecule has 0 aliphatic heterocycles. The molecular formula is C14H16ClNO3S. The molecule has 4 nitrogen and oxygen atoms in total. The van der Waals surface area contributed by atoms with E-state index < -0.39 is 5.97 Å². The van der Waals surface area contributed by atoms with Gasteiger partial charge in [0.2, 0.25) is 0 Å². The van der Waals surface area contributed by atoms with E-state index in [1.807, 2.05) is 12.3 Å². The molecule has 2 N–H and O–H groups in total. The molecule has 0 aromatic heterocycles. The highest BCUT2D eigenvalue weighted by Gasteiger charge is 2.34. The van der Waals surface area contributed by atoms with Gasteiger partial charge in [-0.05, 0) is 43.2 Å². The number of carboxylic acids is 1. The zero-order valence-corrected chi connectivity index (χ0v) is 12.6. The van der Waals surface area contributed by atoms with Gasteiger partial charge in [0.25, 0.3) is 5.91 Å². The first kappa shape index (κ1) is 15.2. The molecule has 20 heavy (non-hydrogen) atoms. The molecule has 1 aliphatic rings. The van der Waals surface area contributed by atoms with Crippen molar-refractivity contribution in [2.75, 3.05) is 6.26 Å². The lowest BCUT2D eigenvalue weighted by Gasteiger charge is -2.17. The second-order valence-corrected chi connectivity index (χ2v) is 6.15. The van der Waals surface area contributed by atoms with Gasteiger partial charge in [0, 0.05) is 10.9 Å². The van der Waals surface area contributed by atoms with Crippen molar-refractivity contribution < 1.29 is 14.7 Å². The lowest BCUT2D eigenvalue weighted by Crippen LogP contribution is -2.38. The normalized spacial score (nSPS) is 15.7. The van der Waals surface area contributed by atoms with Crippen LogP contribution in [0.1, 0.15) is 29.6 Å². The van der Waals surface area contributed by atoms with Crippen LogP contribution >= 0.6 is 23.4 Å². The number of halogens is 1. The molecule has 1 aromatic carbocycles. The number of aliphatic carboxylic acids is 1. The van der Waals surface area contributed by atoms with Crippen molar-refractivity contribution in [2.24, 2.45) is 5.92 Å². The maximum atomic E-state index is 12.3. The van der Waals surface area contributed by atoms with Crippen LogP contribution in [0, 0.1) is 5.92 Å². The van der Waals surface area contributed by atoms with E-state index in [0.29, 0.717) is 10.6 Å². The fraction of sp³-hybridized carbons (Fsp3) is 0.429. The number of amides is 1. The first-order chi connectivity index (χ1) is 9.51. The summed E-state index contributed by atoms with van der Waals surface area (Å²) in [6.07, 6.45) is 3.81. The number of carbonyl (C=O) groups excluding carboxylic acids is 1. The van der Waals surface area contributed by atoms with E-state index in [2.05, 4.69) is 5.32 Å². The summed E-state index contributed by atoms with van der Waals surface area (Å²) in [5, 5.41) is 12.1. The predicted octanol–water partition coefficient (Wildman–Crippen LogP) is 3.05. The minimum Gasteiger partial charge on any atom is -0.481 e. The second-order valence-electron chi connectivity index (χ2n) is 4.86. The van der Waals surface area contributed by atoms with Crippen LogP contribution < -0.4 is 5.32 Å². The average Bonchev–Trinajstić information content (AvgIpc) is 3.22. The van der Waals surface area contributed by atoms with Crippen molar-refractivity contribution in [3.63, 3.8) is 0 Å². The lowest BCUT2D eigenvalue weighted by atomic mass is 10.1. The van der Waals surface area contributed by atoms with Gasteiger partial charge in [-0.3, -0.25) is 9.59 Å². The number of carboxylic acid groups (broad SMARTS) is 1. The van der Waals surface area contributed by atoms with Crippen molar-refractivity contribution in [2.45, 2.75) is 30.2 Å². The molecule has 1 saturated carbocycles. The Hall–Kier alpha value is -1.20. The Morgan fingerprint density at radius 2 is 2.20 bits per heavy atom. The van der Waals surface area contributed by atoms with E-state index >= 15 is 0 Å². The van der Waals surface area contributed by atoms with Crippen LogP contribution in [-0.4, -0.2) is 29.3 Å². The van der Waals surface area contributed by atoms with Gasteiger partial charge in [-0.25, -0.2) is 0 Å². The number of rotatable bonds is 6. The Kier molecular flexibility index (Phi) is 4.94. The fourth-order valence-corrected chi connectivity index (χ4v) is 2.72. The van der Waals surface area contributed by atoms with Gasteiger partial charge in [0.05, 0.1) is 17.0 Å². The SMILES string of the molecule is CSc1ccc(Cl)c(C(=O)NC(CC(=O)O)C2CC2)c1. The molecule has 0 spiro atoms. The van der Waals surface area contributed by atoms with E-state index in [-0.39, 0.29) is 24.3 Å². The summed E-state index contributed by atoms with van der Waals surface area (Å²) in [6, 6.07) is 4.95. The van der Waals surface area contributed by atoms with Gasteiger partial charge in [-0.2, -0.15) is 0 Å². The fourth-order valence-electron chi connectivity index (χ4n) is 2.07. The maximum absolute atomic E-state index is 12.3. The predicted molar refractivity (Wildman–Crippen MR) is 79.5 cm³/mol. The molecule has 1 unspecified atom stereocenters. The Morgan fingerprint density at radius 1 is 1.50 bits per heavy atom. The van der Waals surface area contributed by atoms with E-state index in [0.717, 1.165) is 17.7 Å². The van der Waals surface area contributed by atoms with Gasteiger partial charge in [0.1, 0.15) is 0 Å². The molecule has 108 valence electrons. The molecule has 1 fully saturated rings. The van der Waals surface area contributed by atoms with Gasteiger partial charge in [-0.15, -0.1) is 11.8 Å². The third-order valence-corrected chi connectivity index (χ3v) is 4.38. The molecule has 1 aliphatic carbocycles. The third-order valence-electron chi connectivity index (χ3n) is 3.32. The minimum atomic E-state index is -0.897. The molecule has 2 rings (SSSR count). The van der Waals surface area contributed by atoms with Crippen molar-refractivity contribution in [3.05, 3.63) is 28.8 Å². The summed E-state index contributed by atoms with van der Waals surface area (Å²) in [4.78, 5) is 24.1. The molecule has 1 aromatic rings. The number of carbonyl (C=O) groups is 2. The Morgan fingerprint density at radius 3 is 2.75 bits per heavy atom. The smallest absolute Gasteiger partial charge is 0.305 e. The van der Waals surface area contributed by atoms with Crippen LogP contribution in [0.4, 0.5) is 0 Å². The summed E-state index contributed by atoms with van der Waals surface area (Å²) in [5.74, 6) is -0.923. The maximum Gasteiger partial charge on any atom is 0.305 e. The van der Waals surface area contributed by atoms with Gasteiger partial charge < -0.3 is 10.4 Å². The summed E-state index contributed by atoms with van der Waals surface area (Å²) in [6.45, 7) is 0. The number of hydrogen-bond acceptors (Lipinski definition) is 3. The van der Waals surface area contributed by atoms with E-state index in [1.165, 1.54) is 11.8 Å². The van der Waals surface area contributed by atoms with E-state index in [4.69, 9.17) is 16.7 Å². The number of hydrogen-bond donors (Lipinski definition) is 2.